The molecule has 0 spiro atoms. The van der Waals surface area contributed by atoms with Crippen molar-refractivity contribution in [2.45, 2.75) is 25.5 Å². The molecule has 8 nitrogen and oxygen atoms in total. The normalized spacial score (nSPS) is 16.2. The molecule has 1 aromatic heterocycles. The van der Waals surface area contributed by atoms with Crippen LogP contribution >= 0.6 is 11.6 Å². The van der Waals surface area contributed by atoms with Crippen LogP contribution in [0.4, 0.5) is 10.1 Å². The second-order valence-electron chi connectivity index (χ2n) is 5.83. The Bertz CT molecular complexity index is 763. The SMILES string of the molecule is N=C(c1nonc1CN1CCC(O)CC1)N(O)c1ccc(F)c(Cl)c1. The van der Waals surface area contributed by atoms with Crippen molar-refractivity contribution in [2.75, 3.05) is 18.2 Å². The lowest BCUT2D eigenvalue weighted by Crippen LogP contribution is -2.36. The van der Waals surface area contributed by atoms with Crippen LogP contribution in [0.25, 0.3) is 0 Å². The summed E-state index contributed by atoms with van der Waals surface area (Å²) < 4.78 is 18.0. The first-order chi connectivity index (χ1) is 12.0. The molecule has 2 heterocycles. The van der Waals surface area contributed by atoms with Gasteiger partial charge in [-0.25, -0.2) is 14.1 Å². The van der Waals surface area contributed by atoms with Crippen LogP contribution < -0.4 is 5.06 Å². The molecule has 1 aromatic carbocycles. The number of aliphatic hydroxyl groups excluding tert-OH is 1. The molecule has 0 saturated carbocycles. The first-order valence-electron chi connectivity index (χ1n) is 7.70. The Morgan fingerprint density at radius 1 is 1.40 bits per heavy atom. The Kier molecular flexibility index (Phi) is 5.28. The number of hydrogen-bond acceptors (Lipinski definition) is 7. The largest absolute Gasteiger partial charge is 0.393 e. The Morgan fingerprint density at radius 2 is 2.12 bits per heavy atom. The van der Waals surface area contributed by atoms with Crippen molar-refractivity contribution < 1.29 is 19.3 Å². The zero-order chi connectivity index (χ0) is 18.0. The number of amidine groups is 1. The van der Waals surface area contributed by atoms with Crippen LogP contribution in [0.5, 0.6) is 0 Å². The number of aliphatic hydroxyl groups is 1. The highest BCUT2D eigenvalue weighted by Crippen LogP contribution is 2.23. The monoisotopic (exact) mass is 369 g/mol. The number of likely N-dealkylation sites (tertiary alicyclic amines) is 1. The van der Waals surface area contributed by atoms with E-state index in [1.165, 1.54) is 12.1 Å². The van der Waals surface area contributed by atoms with Crippen LogP contribution in [0.3, 0.4) is 0 Å². The van der Waals surface area contributed by atoms with Crippen molar-refractivity contribution in [3.05, 3.63) is 40.4 Å². The molecule has 3 N–H and O–H groups in total. The van der Waals surface area contributed by atoms with Crippen molar-refractivity contribution in [3.8, 4) is 0 Å². The molecule has 10 heteroatoms. The van der Waals surface area contributed by atoms with Gasteiger partial charge in [0.05, 0.1) is 16.8 Å². The summed E-state index contributed by atoms with van der Waals surface area (Å²) in [5.41, 5.74) is 0.592. The molecule has 0 atom stereocenters. The minimum Gasteiger partial charge on any atom is -0.393 e. The van der Waals surface area contributed by atoms with Crippen molar-refractivity contribution in [1.29, 1.82) is 5.41 Å². The zero-order valence-corrected chi connectivity index (χ0v) is 13.9. The maximum Gasteiger partial charge on any atom is 0.182 e. The van der Waals surface area contributed by atoms with E-state index in [2.05, 4.69) is 15.2 Å². The summed E-state index contributed by atoms with van der Waals surface area (Å²) in [7, 11) is 0. The van der Waals surface area contributed by atoms with Gasteiger partial charge in [0.2, 0.25) is 0 Å². The van der Waals surface area contributed by atoms with Gasteiger partial charge in [0.15, 0.2) is 11.5 Å². The lowest BCUT2D eigenvalue weighted by atomic mass is 10.1. The summed E-state index contributed by atoms with van der Waals surface area (Å²) in [6.45, 7) is 1.76. The average molecular weight is 370 g/mol. The number of nitrogens with zero attached hydrogens (tertiary/aromatic N) is 4. The Hall–Kier alpha value is -2.07. The van der Waals surface area contributed by atoms with Gasteiger partial charge in [0.1, 0.15) is 11.5 Å². The second-order valence-corrected chi connectivity index (χ2v) is 6.23. The van der Waals surface area contributed by atoms with E-state index in [1.54, 1.807) is 0 Å². The molecule has 1 aliphatic rings. The van der Waals surface area contributed by atoms with E-state index in [4.69, 9.17) is 21.6 Å². The van der Waals surface area contributed by atoms with Gasteiger partial charge in [0.25, 0.3) is 0 Å². The molecule has 0 bridgehead atoms. The van der Waals surface area contributed by atoms with Gasteiger partial charge >= 0.3 is 0 Å². The third-order valence-corrected chi connectivity index (χ3v) is 4.36. The van der Waals surface area contributed by atoms with Crippen molar-refractivity contribution in [3.63, 3.8) is 0 Å². The van der Waals surface area contributed by atoms with Crippen LogP contribution in [-0.4, -0.2) is 50.6 Å². The van der Waals surface area contributed by atoms with E-state index in [9.17, 15) is 14.7 Å². The fourth-order valence-electron chi connectivity index (χ4n) is 2.63. The predicted octanol–water partition coefficient (Wildman–Crippen LogP) is 2.04. The van der Waals surface area contributed by atoms with Crippen LogP contribution in [0.2, 0.25) is 5.02 Å². The molecule has 0 amide bonds. The minimum absolute atomic E-state index is 0.0778. The van der Waals surface area contributed by atoms with Crippen LogP contribution in [-0.2, 0) is 6.54 Å². The third-order valence-electron chi connectivity index (χ3n) is 4.07. The topological polar surface area (TPSA) is 110 Å². The fraction of sp³-hybridized carbons (Fsp3) is 0.400. The molecule has 134 valence electrons. The third kappa shape index (κ3) is 3.96. The molecular formula is C15H17ClFN5O3. The summed E-state index contributed by atoms with van der Waals surface area (Å²) in [5.74, 6) is -0.989. The summed E-state index contributed by atoms with van der Waals surface area (Å²) in [6, 6.07) is 3.58. The molecule has 25 heavy (non-hydrogen) atoms. The van der Waals surface area contributed by atoms with Crippen LogP contribution in [0.1, 0.15) is 24.2 Å². The number of nitrogens with one attached hydrogen (secondary N) is 1. The predicted molar refractivity (Wildman–Crippen MR) is 87.3 cm³/mol. The van der Waals surface area contributed by atoms with E-state index in [-0.39, 0.29) is 28.3 Å². The quantitative estimate of drug-likeness (QED) is 0.429. The van der Waals surface area contributed by atoms with Crippen molar-refractivity contribution in [2.24, 2.45) is 0 Å². The maximum atomic E-state index is 13.2. The van der Waals surface area contributed by atoms with Gasteiger partial charge < -0.3 is 5.11 Å². The van der Waals surface area contributed by atoms with Gasteiger partial charge in [-0.3, -0.25) is 15.5 Å². The van der Waals surface area contributed by atoms with Gasteiger partial charge in [-0.1, -0.05) is 16.8 Å². The van der Waals surface area contributed by atoms with E-state index in [0.717, 1.165) is 6.07 Å². The lowest BCUT2D eigenvalue weighted by Gasteiger charge is -2.28. The molecule has 2 aromatic rings. The molecule has 1 fully saturated rings. The highest BCUT2D eigenvalue weighted by Gasteiger charge is 2.25. The number of aromatic nitrogens is 2. The maximum absolute atomic E-state index is 13.2. The number of hydroxylamine groups is 1. The smallest absolute Gasteiger partial charge is 0.182 e. The second kappa shape index (κ2) is 7.44. The van der Waals surface area contributed by atoms with Crippen molar-refractivity contribution in [1.82, 2.24) is 15.2 Å². The number of rotatable bonds is 4. The molecule has 0 radical (unpaired) electrons. The molecule has 3 rings (SSSR count). The number of hydrogen-bond donors (Lipinski definition) is 3. The summed E-state index contributed by atoms with van der Waals surface area (Å²) in [4.78, 5) is 2.06. The first-order valence-corrected chi connectivity index (χ1v) is 8.08. The number of benzene rings is 1. The Morgan fingerprint density at radius 3 is 2.80 bits per heavy atom. The molecule has 1 saturated heterocycles. The minimum atomic E-state index is -0.624. The molecule has 1 aliphatic heterocycles. The van der Waals surface area contributed by atoms with E-state index < -0.39 is 5.82 Å². The standard InChI is InChI=1S/C15H17ClFN5O3/c16-11-7-9(1-2-12(11)17)22(24)15(18)14-13(19-25-20-14)8-21-5-3-10(23)4-6-21/h1-2,7,10,18,23-24H,3-6,8H2. The molecule has 0 unspecified atom stereocenters. The molecular weight excluding hydrogens is 353 g/mol. The highest BCUT2D eigenvalue weighted by atomic mass is 35.5. The van der Waals surface area contributed by atoms with Crippen LogP contribution in [0.15, 0.2) is 22.8 Å². The molecule has 0 aliphatic carbocycles. The lowest BCUT2D eigenvalue weighted by molar-refractivity contribution is 0.0781. The van der Waals surface area contributed by atoms with E-state index in [0.29, 0.717) is 43.2 Å². The summed E-state index contributed by atoms with van der Waals surface area (Å²) in [6.07, 6.45) is 1.04. The average Bonchev–Trinajstić information content (AvgIpc) is 3.06. The van der Waals surface area contributed by atoms with Crippen LogP contribution in [0, 0.1) is 11.2 Å². The Balaban J connectivity index is 1.74. The van der Waals surface area contributed by atoms with E-state index >= 15 is 0 Å². The number of halogens is 2. The highest BCUT2D eigenvalue weighted by molar-refractivity contribution is 6.31. The van der Waals surface area contributed by atoms with Crippen molar-refractivity contribution >= 4 is 23.1 Å². The first kappa shape index (κ1) is 17.7. The number of piperidine rings is 1. The summed E-state index contributed by atoms with van der Waals surface area (Å²) in [5, 5.41) is 35.7. The van der Waals surface area contributed by atoms with Gasteiger partial charge in [-0.2, -0.15) is 0 Å². The van der Waals surface area contributed by atoms with Gasteiger partial charge in [0, 0.05) is 19.6 Å². The Labute approximate surface area is 147 Å². The fourth-order valence-corrected chi connectivity index (χ4v) is 2.80. The van der Waals surface area contributed by atoms with E-state index in [1.807, 2.05) is 0 Å². The summed E-state index contributed by atoms with van der Waals surface area (Å²) >= 11 is 5.70. The zero-order valence-electron chi connectivity index (χ0n) is 13.2. The van der Waals surface area contributed by atoms with Gasteiger partial charge in [-0.05, 0) is 36.2 Å². The number of anilines is 1. The van der Waals surface area contributed by atoms with Gasteiger partial charge in [-0.15, -0.1) is 0 Å².